The molecule has 0 heterocycles. The van der Waals surface area contributed by atoms with Crippen LogP contribution in [0.3, 0.4) is 0 Å². The zero-order chi connectivity index (χ0) is 14.0. The van der Waals surface area contributed by atoms with Gasteiger partial charge in [-0.05, 0) is 29.8 Å². The standard InChI is InChI=1S/C14H10Cl3FO/c15-9-4-5-11(16)8(6-9)7-13(19)10-2-1-3-12(17)14(10)18/h1-6,13,19H,7H2. The van der Waals surface area contributed by atoms with E-state index in [2.05, 4.69) is 0 Å². The molecule has 19 heavy (non-hydrogen) atoms. The summed E-state index contributed by atoms with van der Waals surface area (Å²) in [6.07, 6.45) is -0.869. The van der Waals surface area contributed by atoms with Crippen LogP contribution in [0.5, 0.6) is 0 Å². The molecule has 0 aliphatic rings. The Morgan fingerprint density at radius 1 is 1.05 bits per heavy atom. The van der Waals surface area contributed by atoms with Crippen molar-refractivity contribution in [2.24, 2.45) is 0 Å². The lowest BCUT2D eigenvalue weighted by Gasteiger charge is -2.14. The molecule has 5 heteroatoms. The summed E-state index contributed by atoms with van der Waals surface area (Å²) < 4.78 is 13.8. The minimum absolute atomic E-state index is 0.0197. The lowest BCUT2D eigenvalue weighted by atomic mass is 10.0. The van der Waals surface area contributed by atoms with E-state index >= 15 is 0 Å². The third kappa shape index (κ3) is 3.40. The molecule has 0 amide bonds. The summed E-state index contributed by atoms with van der Waals surface area (Å²) in [4.78, 5) is 0. The van der Waals surface area contributed by atoms with Gasteiger partial charge in [0, 0.05) is 22.0 Å². The van der Waals surface area contributed by atoms with Gasteiger partial charge in [-0.25, -0.2) is 4.39 Å². The molecule has 1 unspecified atom stereocenters. The van der Waals surface area contributed by atoms with Crippen molar-refractivity contribution in [2.45, 2.75) is 12.5 Å². The van der Waals surface area contributed by atoms with E-state index in [1.165, 1.54) is 12.1 Å². The van der Waals surface area contributed by atoms with Gasteiger partial charge < -0.3 is 5.11 Å². The van der Waals surface area contributed by atoms with Gasteiger partial charge in [0.25, 0.3) is 0 Å². The van der Waals surface area contributed by atoms with E-state index in [1.54, 1.807) is 24.3 Å². The van der Waals surface area contributed by atoms with E-state index < -0.39 is 11.9 Å². The first-order valence-corrected chi connectivity index (χ1v) is 6.68. The van der Waals surface area contributed by atoms with Crippen LogP contribution in [0.15, 0.2) is 36.4 Å². The zero-order valence-corrected chi connectivity index (χ0v) is 12.0. The van der Waals surface area contributed by atoms with Gasteiger partial charge in [0.15, 0.2) is 0 Å². The monoisotopic (exact) mass is 318 g/mol. The Labute approximate surface area is 125 Å². The fourth-order valence-corrected chi connectivity index (χ4v) is 2.37. The van der Waals surface area contributed by atoms with Gasteiger partial charge in [-0.2, -0.15) is 0 Å². The topological polar surface area (TPSA) is 20.2 Å². The second kappa shape index (κ2) is 6.10. The number of hydrogen-bond donors (Lipinski definition) is 1. The Morgan fingerprint density at radius 3 is 2.53 bits per heavy atom. The average molecular weight is 320 g/mol. The molecule has 0 spiro atoms. The normalized spacial score (nSPS) is 12.5. The fourth-order valence-electron chi connectivity index (χ4n) is 1.80. The first-order valence-electron chi connectivity index (χ1n) is 5.55. The second-order valence-electron chi connectivity index (χ2n) is 4.10. The van der Waals surface area contributed by atoms with Gasteiger partial charge in [-0.1, -0.05) is 46.9 Å². The molecule has 1 N–H and O–H groups in total. The molecule has 0 fully saturated rings. The SMILES string of the molecule is OC(Cc1cc(Cl)ccc1Cl)c1cccc(Cl)c1F. The van der Waals surface area contributed by atoms with Gasteiger partial charge in [0.05, 0.1) is 11.1 Å². The fraction of sp³-hybridized carbons (Fsp3) is 0.143. The van der Waals surface area contributed by atoms with E-state index in [0.717, 1.165) is 0 Å². The van der Waals surface area contributed by atoms with Crippen molar-refractivity contribution in [2.75, 3.05) is 0 Å². The molecule has 0 saturated heterocycles. The van der Waals surface area contributed by atoms with E-state index in [1.807, 2.05) is 0 Å². The van der Waals surface area contributed by atoms with Crippen LogP contribution in [0.25, 0.3) is 0 Å². The van der Waals surface area contributed by atoms with Crippen molar-refractivity contribution >= 4 is 34.8 Å². The molecular formula is C14H10Cl3FO. The van der Waals surface area contributed by atoms with Crippen LogP contribution in [0.4, 0.5) is 4.39 Å². The molecular weight excluding hydrogens is 310 g/mol. The van der Waals surface area contributed by atoms with Crippen LogP contribution < -0.4 is 0 Å². The number of aliphatic hydroxyl groups excluding tert-OH is 1. The molecule has 2 aromatic carbocycles. The number of hydrogen-bond acceptors (Lipinski definition) is 1. The summed E-state index contributed by atoms with van der Waals surface area (Å²) in [6, 6.07) is 9.45. The molecule has 0 saturated carbocycles. The lowest BCUT2D eigenvalue weighted by molar-refractivity contribution is 0.173. The second-order valence-corrected chi connectivity index (χ2v) is 5.35. The van der Waals surface area contributed by atoms with Gasteiger partial charge in [-0.3, -0.25) is 0 Å². The van der Waals surface area contributed by atoms with Gasteiger partial charge >= 0.3 is 0 Å². The van der Waals surface area contributed by atoms with E-state index in [0.29, 0.717) is 15.6 Å². The molecule has 0 radical (unpaired) electrons. The van der Waals surface area contributed by atoms with Crippen molar-refractivity contribution in [1.29, 1.82) is 0 Å². The molecule has 2 rings (SSSR count). The van der Waals surface area contributed by atoms with Gasteiger partial charge in [0.2, 0.25) is 0 Å². The summed E-state index contributed by atoms with van der Waals surface area (Å²) in [5.74, 6) is -0.616. The molecule has 0 aliphatic heterocycles. The third-order valence-corrected chi connectivity index (χ3v) is 3.66. The number of rotatable bonds is 3. The van der Waals surface area contributed by atoms with Crippen LogP contribution in [0.2, 0.25) is 15.1 Å². The maximum absolute atomic E-state index is 13.8. The third-order valence-electron chi connectivity index (χ3n) is 2.76. The minimum Gasteiger partial charge on any atom is -0.388 e. The number of aliphatic hydroxyl groups is 1. The molecule has 0 aromatic heterocycles. The average Bonchev–Trinajstić information content (AvgIpc) is 2.37. The van der Waals surface area contributed by atoms with Crippen LogP contribution in [-0.2, 0) is 6.42 Å². The van der Waals surface area contributed by atoms with Crippen molar-refractivity contribution in [3.8, 4) is 0 Å². The van der Waals surface area contributed by atoms with Crippen molar-refractivity contribution in [3.63, 3.8) is 0 Å². The first kappa shape index (κ1) is 14.6. The van der Waals surface area contributed by atoms with Crippen LogP contribution in [-0.4, -0.2) is 5.11 Å². The van der Waals surface area contributed by atoms with Crippen LogP contribution in [0, 0.1) is 5.82 Å². The Balaban J connectivity index is 2.28. The van der Waals surface area contributed by atoms with Crippen molar-refractivity contribution < 1.29 is 9.50 Å². The molecule has 2 aromatic rings. The zero-order valence-electron chi connectivity index (χ0n) is 9.71. The Hall–Kier alpha value is -0.800. The highest BCUT2D eigenvalue weighted by atomic mass is 35.5. The predicted molar refractivity (Wildman–Crippen MR) is 76.5 cm³/mol. The highest BCUT2D eigenvalue weighted by Crippen LogP contribution is 2.29. The molecule has 0 bridgehead atoms. The summed E-state index contributed by atoms with van der Waals surface area (Å²) in [7, 11) is 0. The summed E-state index contributed by atoms with van der Waals surface area (Å²) in [5, 5.41) is 11.1. The summed E-state index contributed by atoms with van der Waals surface area (Å²) >= 11 is 17.6. The van der Waals surface area contributed by atoms with E-state index in [9.17, 15) is 9.50 Å². The highest BCUT2D eigenvalue weighted by Gasteiger charge is 2.16. The largest absolute Gasteiger partial charge is 0.388 e. The van der Waals surface area contributed by atoms with Crippen LogP contribution in [0.1, 0.15) is 17.2 Å². The Bertz CT molecular complexity index is 601. The maximum atomic E-state index is 13.8. The van der Waals surface area contributed by atoms with E-state index in [-0.39, 0.29) is 17.0 Å². The van der Waals surface area contributed by atoms with Gasteiger partial charge in [0.1, 0.15) is 5.82 Å². The minimum atomic E-state index is -1.03. The predicted octanol–water partition coefficient (Wildman–Crippen LogP) is 5.06. The molecule has 1 atom stereocenters. The number of halogens is 4. The highest BCUT2D eigenvalue weighted by molar-refractivity contribution is 6.33. The quantitative estimate of drug-likeness (QED) is 0.838. The first-order chi connectivity index (χ1) is 8.99. The van der Waals surface area contributed by atoms with Crippen molar-refractivity contribution in [1.82, 2.24) is 0 Å². The maximum Gasteiger partial charge on any atom is 0.147 e. The van der Waals surface area contributed by atoms with E-state index in [4.69, 9.17) is 34.8 Å². The Kier molecular flexibility index (Phi) is 4.69. The molecule has 1 nitrogen and oxygen atoms in total. The van der Waals surface area contributed by atoms with Crippen molar-refractivity contribution in [3.05, 3.63) is 68.4 Å². The summed E-state index contributed by atoms with van der Waals surface area (Å²) in [6.45, 7) is 0. The Morgan fingerprint density at radius 2 is 1.79 bits per heavy atom. The number of benzene rings is 2. The smallest absolute Gasteiger partial charge is 0.147 e. The lowest BCUT2D eigenvalue weighted by Crippen LogP contribution is -2.05. The molecule has 0 aliphatic carbocycles. The molecule has 100 valence electrons. The summed E-state index contributed by atoms with van der Waals surface area (Å²) in [5.41, 5.74) is 0.796. The van der Waals surface area contributed by atoms with Crippen LogP contribution >= 0.6 is 34.8 Å². The van der Waals surface area contributed by atoms with Gasteiger partial charge in [-0.15, -0.1) is 0 Å².